The van der Waals surface area contributed by atoms with E-state index in [0.29, 0.717) is 11.6 Å². The van der Waals surface area contributed by atoms with Crippen molar-refractivity contribution >= 4 is 0 Å². The van der Waals surface area contributed by atoms with Gasteiger partial charge in [-0.3, -0.25) is 0 Å². The molecule has 0 fully saturated rings. The molecule has 17 heavy (non-hydrogen) atoms. The van der Waals surface area contributed by atoms with Crippen LogP contribution in [0, 0.1) is 11.3 Å². The summed E-state index contributed by atoms with van der Waals surface area (Å²) in [4.78, 5) is 6.97. The fraction of sp³-hybridized carbons (Fsp3) is 0.286. The number of hydrogen-bond acceptors (Lipinski definition) is 2. The molecule has 1 N–H and O–H groups in total. The van der Waals surface area contributed by atoms with Crippen molar-refractivity contribution in [2.75, 3.05) is 0 Å². The quantitative estimate of drug-likeness (QED) is 0.869. The van der Waals surface area contributed by atoms with E-state index in [-0.39, 0.29) is 0 Å². The third-order valence-electron chi connectivity index (χ3n) is 3.13. The van der Waals surface area contributed by atoms with Crippen molar-refractivity contribution in [2.45, 2.75) is 26.2 Å². The Morgan fingerprint density at radius 2 is 2.06 bits per heavy atom. The highest BCUT2D eigenvalue weighted by atomic mass is 14.9. The van der Waals surface area contributed by atoms with Crippen molar-refractivity contribution in [3.63, 3.8) is 0 Å². The Bertz CT molecular complexity index is 531. The Labute approximate surface area is 101 Å². The fourth-order valence-electron chi connectivity index (χ4n) is 1.81. The number of nitriles is 1. The van der Waals surface area contributed by atoms with Crippen molar-refractivity contribution in [2.24, 2.45) is 0 Å². The van der Waals surface area contributed by atoms with E-state index in [0.717, 1.165) is 17.7 Å². The maximum atomic E-state index is 8.92. The summed E-state index contributed by atoms with van der Waals surface area (Å²) in [5.74, 6) is 0.571. The number of benzene rings is 1. The van der Waals surface area contributed by atoms with Gasteiger partial charge in [0.25, 0.3) is 0 Å². The van der Waals surface area contributed by atoms with Crippen LogP contribution in [0.1, 0.15) is 37.4 Å². The molecule has 1 heterocycles. The molecule has 86 valence electrons. The molecule has 0 spiro atoms. The molecule has 1 unspecified atom stereocenters. The van der Waals surface area contributed by atoms with Crippen LogP contribution < -0.4 is 0 Å². The van der Waals surface area contributed by atoms with E-state index < -0.39 is 0 Å². The smallest absolute Gasteiger partial charge is 0.166 e. The summed E-state index contributed by atoms with van der Waals surface area (Å²) >= 11 is 0. The monoisotopic (exact) mass is 225 g/mol. The minimum Gasteiger partial charge on any atom is -0.343 e. The summed E-state index contributed by atoms with van der Waals surface area (Å²) in [7, 11) is 0. The number of aromatic amines is 1. The zero-order valence-electron chi connectivity index (χ0n) is 10.1. The molecule has 2 aromatic rings. The van der Waals surface area contributed by atoms with Gasteiger partial charge in [0.2, 0.25) is 0 Å². The average Bonchev–Trinajstić information content (AvgIpc) is 2.86. The molecule has 0 saturated heterocycles. The molecule has 0 bridgehead atoms. The topological polar surface area (TPSA) is 52.5 Å². The number of nitrogens with one attached hydrogen (secondary N) is 1. The highest BCUT2D eigenvalue weighted by Crippen LogP contribution is 2.24. The molecule has 0 aliphatic carbocycles. The minimum atomic E-state index is 0.446. The second-order valence-corrected chi connectivity index (χ2v) is 4.17. The predicted octanol–water partition coefficient (Wildman–Crippen LogP) is 3.46. The van der Waals surface area contributed by atoms with Crippen LogP contribution in [0.15, 0.2) is 30.6 Å². The minimum absolute atomic E-state index is 0.446. The Morgan fingerprint density at radius 3 is 2.65 bits per heavy atom. The van der Waals surface area contributed by atoms with E-state index in [4.69, 9.17) is 5.26 Å². The molecule has 0 radical (unpaired) electrons. The van der Waals surface area contributed by atoms with Gasteiger partial charge in [0.15, 0.2) is 5.69 Å². The van der Waals surface area contributed by atoms with E-state index in [1.54, 1.807) is 6.33 Å². The largest absolute Gasteiger partial charge is 0.343 e. The highest BCUT2D eigenvalue weighted by molar-refractivity contribution is 5.64. The van der Waals surface area contributed by atoms with E-state index in [1.807, 2.05) is 12.1 Å². The lowest BCUT2D eigenvalue weighted by molar-refractivity contribution is 0.734. The molecule has 3 nitrogen and oxygen atoms in total. The molecular formula is C14H15N3. The van der Waals surface area contributed by atoms with Crippen molar-refractivity contribution in [3.8, 4) is 17.3 Å². The lowest BCUT2D eigenvalue weighted by Gasteiger charge is -2.09. The maximum absolute atomic E-state index is 8.92. The van der Waals surface area contributed by atoms with Crippen LogP contribution in [0.3, 0.4) is 0 Å². The van der Waals surface area contributed by atoms with Gasteiger partial charge in [-0.15, -0.1) is 0 Å². The van der Waals surface area contributed by atoms with Gasteiger partial charge in [-0.05, 0) is 17.9 Å². The summed E-state index contributed by atoms with van der Waals surface area (Å²) in [6, 6.07) is 10.4. The van der Waals surface area contributed by atoms with Gasteiger partial charge in [-0.1, -0.05) is 38.1 Å². The van der Waals surface area contributed by atoms with E-state index >= 15 is 0 Å². The first-order valence-electron chi connectivity index (χ1n) is 5.80. The zero-order valence-corrected chi connectivity index (χ0v) is 10.1. The van der Waals surface area contributed by atoms with Crippen LogP contribution in [0.5, 0.6) is 0 Å². The number of rotatable bonds is 3. The zero-order chi connectivity index (χ0) is 12.3. The molecule has 0 aliphatic heterocycles. The Balaban J connectivity index is 2.33. The average molecular weight is 225 g/mol. The molecule has 1 aromatic heterocycles. The number of aromatic nitrogens is 2. The maximum Gasteiger partial charge on any atom is 0.166 e. The Hall–Kier alpha value is -2.08. The molecular weight excluding hydrogens is 210 g/mol. The first kappa shape index (κ1) is 11.4. The lowest BCUT2D eigenvalue weighted by atomic mass is 9.97. The molecule has 1 aromatic carbocycles. The SMILES string of the molecule is CCC(C)c1ccc(-c2[nH]cnc2C#N)cc1. The summed E-state index contributed by atoms with van der Waals surface area (Å²) in [6.45, 7) is 4.40. The summed E-state index contributed by atoms with van der Waals surface area (Å²) in [5, 5.41) is 8.92. The van der Waals surface area contributed by atoms with Gasteiger partial charge in [0.1, 0.15) is 6.07 Å². The van der Waals surface area contributed by atoms with Gasteiger partial charge < -0.3 is 4.98 Å². The van der Waals surface area contributed by atoms with Gasteiger partial charge in [-0.2, -0.15) is 5.26 Å². The van der Waals surface area contributed by atoms with Gasteiger partial charge in [0.05, 0.1) is 12.0 Å². The Kier molecular flexibility index (Phi) is 3.24. The number of nitrogens with zero attached hydrogens (tertiary/aromatic N) is 2. The second-order valence-electron chi connectivity index (χ2n) is 4.17. The summed E-state index contributed by atoms with van der Waals surface area (Å²) in [5.41, 5.74) is 3.57. The van der Waals surface area contributed by atoms with Crippen LogP contribution in [-0.4, -0.2) is 9.97 Å². The number of hydrogen-bond donors (Lipinski definition) is 1. The van der Waals surface area contributed by atoms with Gasteiger partial charge in [-0.25, -0.2) is 4.98 Å². The third-order valence-corrected chi connectivity index (χ3v) is 3.13. The molecule has 1 atom stereocenters. The number of H-pyrrole nitrogens is 1. The van der Waals surface area contributed by atoms with Gasteiger partial charge in [0, 0.05) is 5.56 Å². The first-order valence-corrected chi connectivity index (χ1v) is 5.80. The van der Waals surface area contributed by atoms with Crippen LogP contribution in [0.25, 0.3) is 11.3 Å². The summed E-state index contributed by atoms with van der Waals surface area (Å²) < 4.78 is 0. The third kappa shape index (κ3) is 2.21. The second kappa shape index (κ2) is 4.84. The number of imidazole rings is 1. The Morgan fingerprint density at radius 1 is 1.35 bits per heavy atom. The van der Waals surface area contributed by atoms with E-state index in [1.165, 1.54) is 5.56 Å². The highest BCUT2D eigenvalue weighted by Gasteiger charge is 2.08. The van der Waals surface area contributed by atoms with Crippen molar-refractivity contribution < 1.29 is 0 Å². The predicted molar refractivity (Wildman–Crippen MR) is 67.4 cm³/mol. The van der Waals surface area contributed by atoms with Crippen LogP contribution >= 0.6 is 0 Å². The van der Waals surface area contributed by atoms with Crippen LogP contribution in [0.2, 0.25) is 0 Å². The fourth-order valence-corrected chi connectivity index (χ4v) is 1.81. The van der Waals surface area contributed by atoms with Crippen molar-refractivity contribution in [3.05, 3.63) is 41.9 Å². The van der Waals surface area contributed by atoms with E-state index in [9.17, 15) is 0 Å². The van der Waals surface area contributed by atoms with Crippen LogP contribution in [0.4, 0.5) is 0 Å². The van der Waals surface area contributed by atoms with Gasteiger partial charge >= 0.3 is 0 Å². The normalized spacial score (nSPS) is 12.1. The molecule has 0 amide bonds. The van der Waals surface area contributed by atoms with E-state index in [2.05, 4.69) is 42.0 Å². The summed E-state index contributed by atoms with van der Waals surface area (Å²) in [6.07, 6.45) is 2.68. The lowest BCUT2D eigenvalue weighted by Crippen LogP contribution is -1.91. The standard InChI is InChI=1S/C14H15N3/c1-3-10(2)11-4-6-12(7-5-11)14-13(8-15)16-9-17-14/h4-7,9-10H,3H2,1-2H3,(H,16,17). The van der Waals surface area contributed by atoms with Crippen LogP contribution in [-0.2, 0) is 0 Å². The molecule has 3 heteroatoms. The molecule has 0 saturated carbocycles. The van der Waals surface area contributed by atoms with Crippen molar-refractivity contribution in [1.29, 1.82) is 5.26 Å². The molecule has 0 aliphatic rings. The molecule has 2 rings (SSSR count). The first-order chi connectivity index (χ1) is 8.26. The van der Waals surface area contributed by atoms with Crippen molar-refractivity contribution in [1.82, 2.24) is 9.97 Å².